The number of carbonyl (C=O) groups excluding carboxylic acids is 1. The van der Waals surface area contributed by atoms with Crippen LogP contribution in [-0.2, 0) is 4.74 Å². The lowest BCUT2D eigenvalue weighted by atomic mass is 10.1. The minimum atomic E-state index is -0.629. The summed E-state index contributed by atoms with van der Waals surface area (Å²) in [6.45, 7) is 3.53. The Morgan fingerprint density at radius 2 is 1.80 bits per heavy atom. The number of hydrogen-bond acceptors (Lipinski definition) is 3. The molecule has 2 rings (SSSR count). The quantitative estimate of drug-likeness (QED) is 0.799. The van der Waals surface area contributed by atoms with Gasteiger partial charge in [0.05, 0.1) is 7.11 Å². The second-order valence-electron chi connectivity index (χ2n) is 4.41. The number of nitrogens with zero attached hydrogens (tertiary/aromatic N) is 1. The van der Waals surface area contributed by atoms with E-state index in [4.69, 9.17) is 11.6 Å². The van der Waals surface area contributed by atoms with Crippen LogP contribution in [0.2, 0.25) is 5.02 Å². The molecule has 20 heavy (non-hydrogen) atoms. The Kier molecular flexibility index (Phi) is 3.95. The van der Waals surface area contributed by atoms with Crippen molar-refractivity contribution in [2.45, 2.75) is 13.8 Å². The van der Waals surface area contributed by atoms with E-state index < -0.39 is 5.97 Å². The Balaban J connectivity index is 2.73. The number of hydrogen-bond donors (Lipinski definition) is 0. The number of halogens is 1. The van der Waals surface area contributed by atoms with Gasteiger partial charge in [-0.1, -0.05) is 11.6 Å². The van der Waals surface area contributed by atoms with Crippen LogP contribution in [0, 0.1) is 13.8 Å². The number of esters is 1. The van der Waals surface area contributed by atoms with E-state index in [2.05, 4.69) is 4.74 Å². The highest BCUT2D eigenvalue weighted by molar-refractivity contribution is 6.30. The van der Waals surface area contributed by atoms with E-state index in [0.29, 0.717) is 10.7 Å². The van der Waals surface area contributed by atoms with Crippen molar-refractivity contribution in [2.24, 2.45) is 0 Å². The second-order valence-corrected chi connectivity index (χ2v) is 4.85. The molecular formula is C15H14ClNO3. The normalized spacial score (nSPS) is 10.4. The van der Waals surface area contributed by atoms with Gasteiger partial charge in [0.2, 0.25) is 0 Å². The molecular weight excluding hydrogens is 278 g/mol. The van der Waals surface area contributed by atoms with Gasteiger partial charge in [-0.3, -0.25) is 4.79 Å². The van der Waals surface area contributed by atoms with Crippen LogP contribution in [0.3, 0.4) is 0 Å². The molecule has 0 fully saturated rings. The molecule has 4 nitrogen and oxygen atoms in total. The predicted molar refractivity (Wildman–Crippen MR) is 77.9 cm³/mol. The van der Waals surface area contributed by atoms with Crippen molar-refractivity contribution in [3.63, 3.8) is 0 Å². The fraction of sp³-hybridized carbons (Fsp3) is 0.200. The summed E-state index contributed by atoms with van der Waals surface area (Å²) in [6, 6.07) is 8.59. The van der Waals surface area contributed by atoms with Crippen LogP contribution < -0.4 is 5.43 Å². The van der Waals surface area contributed by atoms with Crippen molar-refractivity contribution in [3.05, 3.63) is 62.5 Å². The van der Waals surface area contributed by atoms with Crippen molar-refractivity contribution < 1.29 is 9.53 Å². The van der Waals surface area contributed by atoms with E-state index in [1.807, 2.05) is 23.6 Å². The number of carbonyl (C=O) groups is 1. The van der Waals surface area contributed by atoms with Crippen LogP contribution in [0.4, 0.5) is 0 Å². The number of ether oxygens (including phenoxy) is 1. The summed E-state index contributed by atoms with van der Waals surface area (Å²) in [5.74, 6) is -0.629. The maximum atomic E-state index is 12.0. The van der Waals surface area contributed by atoms with Crippen molar-refractivity contribution in [2.75, 3.05) is 7.11 Å². The first-order chi connectivity index (χ1) is 9.45. The lowest BCUT2D eigenvalue weighted by Gasteiger charge is -2.17. The molecule has 0 aliphatic heterocycles. The van der Waals surface area contributed by atoms with Gasteiger partial charge in [0, 0.05) is 28.2 Å². The summed E-state index contributed by atoms with van der Waals surface area (Å²) in [5, 5.41) is 0.623. The van der Waals surface area contributed by atoms with Crippen LogP contribution in [-0.4, -0.2) is 17.6 Å². The van der Waals surface area contributed by atoms with Gasteiger partial charge in [-0.15, -0.1) is 0 Å². The molecule has 1 heterocycles. The topological polar surface area (TPSA) is 48.3 Å². The summed E-state index contributed by atoms with van der Waals surface area (Å²) in [7, 11) is 1.26. The van der Waals surface area contributed by atoms with Crippen molar-refractivity contribution >= 4 is 17.6 Å². The molecule has 0 saturated carbocycles. The molecule has 0 aliphatic rings. The van der Waals surface area contributed by atoms with Crippen LogP contribution in [0.15, 0.2) is 35.1 Å². The van der Waals surface area contributed by atoms with Gasteiger partial charge >= 0.3 is 5.97 Å². The number of pyridine rings is 1. The number of methoxy groups -OCH3 is 1. The fourth-order valence-corrected chi connectivity index (χ4v) is 2.34. The fourth-order valence-electron chi connectivity index (χ4n) is 2.22. The van der Waals surface area contributed by atoms with Crippen molar-refractivity contribution in [1.29, 1.82) is 0 Å². The Morgan fingerprint density at radius 1 is 1.20 bits per heavy atom. The molecule has 2 aromatic rings. The zero-order valence-corrected chi connectivity index (χ0v) is 12.2. The number of rotatable bonds is 2. The van der Waals surface area contributed by atoms with Gasteiger partial charge < -0.3 is 9.30 Å². The van der Waals surface area contributed by atoms with E-state index in [1.165, 1.54) is 13.2 Å². The van der Waals surface area contributed by atoms with E-state index >= 15 is 0 Å². The molecule has 1 aromatic heterocycles. The zero-order chi connectivity index (χ0) is 14.9. The molecule has 104 valence electrons. The van der Waals surface area contributed by atoms with Gasteiger partial charge in [-0.2, -0.15) is 0 Å². The minimum Gasteiger partial charge on any atom is -0.465 e. The molecule has 0 unspecified atom stereocenters. The molecule has 0 radical (unpaired) electrons. The van der Waals surface area contributed by atoms with Crippen molar-refractivity contribution in [1.82, 2.24) is 4.57 Å². The second kappa shape index (κ2) is 5.51. The van der Waals surface area contributed by atoms with Gasteiger partial charge in [0.1, 0.15) is 5.56 Å². The van der Waals surface area contributed by atoms with Gasteiger partial charge in [-0.05, 0) is 38.1 Å². The van der Waals surface area contributed by atoms with E-state index in [1.54, 1.807) is 19.1 Å². The van der Waals surface area contributed by atoms with E-state index in [-0.39, 0.29) is 11.0 Å². The van der Waals surface area contributed by atoms with Gasteiger partial charge in [0.15, 0.2) is 5.43 Å². The highest BCUT2D eigenvalue weighted by atomic mass is 35.5. The lowest BCUT2D eigenvalue weighted by molar-refractivity contribution is 0.0597. The maximum absolute atomic E-state index is 12.0. The van der Waals surface area contributed by atoms with Crippen LogP contribution in [0.25, 0.3) is 5.69 Å². The Morgan fingerprint density at radius 3 is 2.35 bits per heavy atom. The molecule has 0 amide bonds. The molecule has 5 heteroatoms. The number of benzene rings is 1. The molecule has 0 saturated heterocycles. The third-order valence-electron chi connectivity index (χ3n) is 3.11. The third kappa shape index (κ3) is 2.47. The largest absolute Gasteiger partial charge is 0.465 e. The average Bonchev–Trinajstić information content (AvgIpc) is 2.40. The lowest BCUT2D eigenvalue weighted by Crippen LogP contribution is -2.23. The number of aromatic nitrogens is 1. The summed E-state index contributed by atoms with van der Waals surface area (Å²) in [6.07, 6.45) is 0. The zero-order valence-electron chi connectivity index (χ0n) is 11.4. The van der Waals surface area contributed by atoms with Crippen LogP contribution in [0.5, 0.6) is 0 Å². The van der Waals surface area contributed by atoms with E-state index in [0.717, 1.165) is 11.4 Å². The molecule has 1 aromatic carbocycles. The SMILES string of the molecule is COC(=O)c1c(C)n(-c2ccc(Cl)cc2)c(C)cc1=O. The first-order valence-electron chi connectivity index (χ1n) is 6.03. The standard InChI is InChI=1S/C15H14ClNO3/c1-9-8-13(18)14(15(19)20-3)10(2)17(9)12-6-4-11(16)5-7-12/h4-8H,1-3H3. The molecule has 0 N–H and O–H groups in total. The first kappa shape index (κ1) is 14.3. The molecule has 0 bridgehead atoms. The minimum absolute atomic E-state index is 0.0491. The summed E-state index contributed by atoms with van der Waals surface area (Å²) < 4.78 is 6.50. The Labute approximate surface area is 121 Å². The molecule has 0 atom stereocenters. The number of aryl methyl sites for hydroxylation is 1. The predicted octanol–water partition coefficient (Wildman–Crippen LogP) is 2.89. The Hall–Kier alpha value is -2.07. The van der Waals surface area contributed by atoms with Crippen LogP contribution in [0.1, 0.15) is 21.7 Å². The highest BCUT2D eigenvalue weighted by Gasteiger charge is 2.18. The van der Waals surface area contributed by atoms with Crippen LogP contribution >= 0.6 is 11.6 Å². The summed E-state index contributed by atoms with van der Waals surface area (Å²) >= 11 is 5.87. The van der Waals surface area contributed by atoms with Gasteiger partial charge in [0.25, 0.3) is 0 Å². The maximum Gasteiger partial charge on any atom is 0.343 e. The van der Waals surface area contributed by atoms with Gasteiger partial charge in [-0.25, -0.2) is 4.79 Å². The molecule has 0 aliphatic carbocycles. The first-order valence-corrected chi connectivity index (χ1v) is 6.41. The van der Waals surface area contributed by atoms with Crippen molar-refractivity contribution in [3.8, 4) is 5.69 Å². The Bertz CT molecular complexity index is 717. The third-order valence-corrected chi connectivity index (χ3v) is 3.36. The molecule has 0 spiro atoms. The van der Waals surface area contributed by atoms with E-state index in [9.17, 15) is 9.59 Å². The highest BCUT2D eigenvalue weighted by Crippen LogP contribution is 2.18. The summed E-state index contributed by atoms with van der Waals surface area (Å²) in [5.41, 5.74) is 1.83. The monoisotopic (exact) mass is 291 g/mol. The smallest absolute Gasteiger partial charge is 0.343 e. The summed E-state index contributed by atoms with van der Waals surface area (Å²) in [4.78, 5) is 23.7. The average molecular weight is 292 g/mol.